The average Bonchev–Trinajstić information content (AvgIpc) is 3.44. The lowest BCUT2D eigenvalue weighted by atomic mass is 9.71. The minimum atomic E-state index is -0.852. The van der Waals surface area contributed by atoms with Gasteiger partial charge in [0.1, 0.15) is 11.6 Å². The van der Waals surface area contributed by atoms with E-state index in [1.807, 2.05) is 6.07 Å². The van der Waals surface area contributed by atoms with Crippen LogP contribution in [0.3, 0.4) is 0 Å². The monoisotopic (exact) mass is 434 g/mol. The maximum atomic E-state index is 13.1. The fourth-order valence-corrected chi connectivity index (χ4v) is 5.38. The van der Waals surface area contributed by atoms with E-state index in [1.54, 1.807) is 12.4 Å². The summed E-state index contributed by atoms with van der Waals surface area (Å²) >= 11 is 0. The fraction of sp³-hybridized carbons (Fsp3) is 0.333. The van der Waals surface area contributed by atoms with Gasteiger partial charge in [0.05, 0.1) is 23.5 Å². The lowest BCUT2D eigenvalue weighted by Crippen LogP contribution is -2.37. The zero-order valence-corrected chi connectivity index (χ0v) is 17.4. The van der Waals surface area contributed by atoms with Crippen LogP contribution in [-0.2, 0) is 10.2 Å². The van der Waals surface area contributed by atoms with Gasteiger partial charge in [-0.2, -0.15) is 0 Å². The Morgan fingerprint density at radius 1 is 1.16 bits per heavy atom. The highest BCUT2D eigenvalue weighted by Gasteiger charge is 2.73. The number of primary amides is 1. The second-order valence-corrected chi connectivity index (χ2v) is 8.80. The maximum Gasteiger partial charge on any atom is 0.247 e. The molecule has 32 heavy (non-hydrogen) atoms. The molecule has 2 aliphatic rings. The Balaban J connectivity index is 1.39. The number of benzene rings is 1. The molecular weight excluding hydrogens is 411 g/mol. The number of rotatable bonds is 5. The number of hydrogen-bond donors (Lipinski definition) is 2. The van der Waals surface area contributed by atoms with Crippen LogP contribution in [0.1, 0.15) is 49.3 Å². The van der Waals surface area contributed by atoms with E-state index in [0.717, 1.165) is 31.2 Å². The quantitative estimate of drug-likeness (QED) is 0.638. The van der Waals surface area contributed by atoms with E-state index in [0.29, 0.717) is 17.9 Å². The molecule has 0 radical (unpaired) electrons. The SMILES string of the molecule is NC(=O)C1(c2cnc(Oc3ccc(F)cc3)cn2)CC12CCCC(c1ccc(=O)[nH]c1)C2. The zero-order chi connectivity index (χ0) is 22.3. The van der Waals surface area contributed by atoms with Crippen LogP contribution in [-0.4, -0.2) is 20.9 Å². The van der Waals surface area contributed by atoms with E-state index in [-0.39, 0.29) is 34.5 Å². The first kappa shape index (κ1) is 20.4. The standard InChI is InChI=1S/C24H23FN4O3/c25-17-4-6-18(7-5-17)32-21-13-27-19(12-29-21)24(22(26)31)14-23(24)9-1-2-15(10-23)16-3-8-20(30)28-11-16/h3-8,11-13,15H,1-2,9-10,14H2,(H2,26,31)(H,28,30). The molecule has 1 spiro atoms. The fourth-order valence-electron chi connectivity index (χ4n) is 5.38. The first-order chi connectivity index (χ1) is 15.4. The van der Waals surface area contributed by atoms with Gasteiger partial charge in [-0.15, -0.1) is 0 Å². The van der Waals surface area contributed by atoms with Crippen molar-refractivity contribution in [1.29, 1.82) is 0 Å². The van der Waals surface area contributed by atoms with E-state index in [2.05, 4.69) is 15.0 Å². The van der Waals surface area contributed by atoms with Crippen LogP contribution in [0, 0.1) is 11.2 Å². The molecule has 0 saturated heterocycles. The van der Waals surface area contributed by atoms with Gasteiger partial charge in [-0.05, 0) is 66.8 Å². The van der Waals surface area contributed by atoms with Gasteiger partial charge < -0.3 is 15.5 Å². The van der Waals surface area contributed by atoms with Crippen LogP contribution in [0.2, 0.25) is 0 Å². The minimum absolute atomic E-state index is 0.129. The zero-order valence-electron chi connectivity index (χ0n) is 17.4. The molecule has 0 aliphatic heterocycles. The van der Waals surface area contributed by atoms with Gasteiger partial charge in [0, 0.05) is 12.3 Å². The number of nitrogens with zero attached hydrogens (tertiary/aromatic N) is 2. The number of halogens is 1. The first-order valence-electron chi connectivity index (χ1n) is 10.7. The topological polar surface area (TPSA) is 111 Å². The number of ether oxygens (including phenoxy) is 1. The summed E-state index contributed by atoms with van der Waals surface area (Å²) in [7, 11) is 0. The van der Waals surface area contributed by atoms with Gasteiger partial charge in [0.25, 0.3) is 0 Å². The Bertz CT molecular complexity index is 1190. The molecule has 164 valence electrons. The highest BCUT2D eigenvalue weighted by atomic mass is 19.1. The van der Waals surface area contributed by atoms with E-state index in [1.165, 1.54) is 36.5 Å². The highest BCUT2D eigenvalue weighted by molar-refractivity contribution is 5.91. The van der Waals surface area contributed by atoms with E-state index in [9.17, 15) is 14.0 Å². The van der Waals surface area contributed by atoms with Crippen LogP contribution in [0.4, 0.5) is 4.39 Å². The summed E-state index contributed by atoms with van der Waals surface area (Å²) in [6.45, 7) is 0. The maximum absolute atomic E-state index is 13.1. The summed E-state index contributed by atoms with van der Waals surface area (Å²) in [5.74, 6) is 0.201. The van der Waals surface area contributed by atoms with Crippen LogP contribution in [0.15, 0.2) is 59.8 Å². The number of aromatic amines is 1. The van der Waals surface area contributed by atoms with Crippen LogP contribution >= 0.6 is 0 Å². The molecule has 3 N–H and O–H groups in total. The minimum Gasteiger partial charge on any atom is -0.438 e. The molecule has 2 aliphatic carbocycles. The number of carbonyl (C=O) groups is 1. The molecule has 2 aromatic heterocycles. The van der Waals surface area contributed by atoms with Gasteiger partial charge in [-0.25, -0.2) is 9.37 Å². The van der Waals surface area contributed by atoms with E-state index < -0.39 is 5.41 Å². The van der Waals surface area contributed by atoms with Crippen LogP contribution in [0.5, 0.6) is 11.6 Å². The Hall–Kier alpha value is -3.55. The van der Waals surface area contributed by atoms with Crippen molar-refractivity contribution in [2.45, 2.75) is 43.4 Å². The molecule has 5 rings (SSSR count). The Kier molecular flexibility index (Phi) is 4.80. The normalized spacial score (nSPS) is 26.6. The number of H-pyrrole nitrogens is 1. The van der Waals surface area contributed by atoms with Crippen molar-refractivity contribution in [2.75, 3.05) is 0 Å². The highest BCUT2D eigenvalue weighted by Crippen LogP contribution is 2.72. The Morgan fingerprint density at radius 2 is 1.97 bits per heavy atom. The van der Waals surface area contributed by atoms with Crippen molar-refractivity contribution in [3.63, 3.8) is 0 Å². The lowest BCUT2D eigenvalue weighted by Gasteiger charge is -2.33. The largest absolute Gasteiger partial charge is 0.438 e. The number of nitrogens with two attached hydrogens (primary N) is 1. The molecule has 1 amide bonds. The smallest absolute Gasteiger partial charge is 0.247 e. The van der Waals surface area contributed by atoms with Crippen LogP contribution < -0.4 is 16.0 Å². The van der Waals surface area contributed by atoms with Gasteiger partial charge in [-0.1, -0.05) is 12.5 Å². The first-order valence-corrected chi connectivity index (χ1v) is 10.7. The molecule has 3 atom stereocenters. The summed E-state index contributed by atoms with van der Waals surface area (Å²) in [5.41, 5.74) is 6.32. The van der Waals surface area contributed by atoms with Crippen molar-refractivity contribution in [1.82, 2.24) is 15.0 Å². The number of aromatic nitrogens is 3. The Labute approximate surface area is 183 Å². The van der Waals surface area contributed by atoms with E-state index in [4.69, 9.17) is 10.5 Å². The van der Waals surface area contributed by atoms with E-state index >= 15 is 0 Å². The molecular formula is C24H23FN4O3. The van der Waals surface area contributed by atoms with Crippen molar-refractivity contribution >= 4 is 5.91 Å². The van der Waals surface area contributed by atoms with Crippen molar-refractivity contribution in [3.8, 4) is 11.6 Å². The molecule has 0 bridgehead atoms. The second-order valence-electron chi connectivity index (χ2n) is 8.80. The molecule has 1 aromatic carbocycles. The predicted molar refractivity (Wildman–Crippen MR) is 115 cm³/mol. The van der Waals surface area contributed by atoms with Gasteiger partial charge in [0.15, 0.2) is 0 Å². The number of pyridine rings is 1. The van der Waals surface area contributed by atoms with Crippen molar-refractivity contribution in [2.24, 2.45) is 11.1 Å². The number of amides is 1. The molecule has 7 nitrogen and oxygen atoms in total. The Morgan fingerprint density at radius 3 is 2.62 bits per heavy atom. The number of nitrogens with one attached hydrogen (secondary N) is 1. The molecule has 8 heteroatoms. The third kappa shape index (κ3) is 3.36. The summed E-state index contributed by atoms with van der Waals surface area (Å²) < 4.78 is 18.7. The third-order valence-electron chi connectivity index (χ3n) is 7.03. The molecule has 2 saturated carbocycles. The van der Waals surface area contributed by atoms with Gasteiger partial charge in [0.2, 0.25) is 17.3 Å². The average molecular weight is 434 g/mol. The van der Waals surface area contributed by atoms with Crippen molar-refractivity contribution < 1.29 is 13.9 Å². The molecule has 3 unspecified atom stereocenters. The lowest BCUT2D eigenvalue weighted by molar-refractivity contribution is -0.121. The number of hydrogen-bond acceptors (Lipinski definition) is 5. The van der Waals surface area contributed by atoms with Gasteiger partial charge in [-0.3, -0.25) is 14.6 Å². The second kappa shape index (κ2) is 7.55. The van der Waals surface area contributed by atoms with Crippen LogP contribution in [0.25, 0.3) is 0 Å². The predicted octanol–water partition coefficient (Wildman–Crippen LogP) is 3.57. The molecule has 2 fully saturated rings. The number of carbonyl (C=O) groups excluding carboxylic acids is 1. The summed E-state index contributed by atoms with van der Waals surface area (Å²) in [6.07, 6.45) is 9.10. The van der Waals surface area contributed by atoms with Crippen molar-refractivity contribution in [3.05, 3.63) is 82.4 Å². The molecule has 2 heterocycles. The summed E-state index contributed by atoms with van der Waals surface area (Å²) in [4.78, 5) is 35.7. The third-order valence-corrected chi connectivity index (χ3v) is 7.03. The van der Waals surface area contributed by atoms with Gasteiger partial charge >= 0.3 is 0 Å². The summed E-state index contributed by atoms with van der Waals surface area (Å²) in [5, 5.41) is 0. The summed E-state index contributed by atoms with van der Waals surface area (Å²) in [6, 6.07) is 9.01. The molecule has 3 aromatic rings.